The van der Waals surface area contributed by atoms with Crippen molar-refractivity contribution in [3.05, 3.63) is 17.7 Å². The lowest BCUT2D eigenvalue weighted by Gasteiger charge is -2.05. The minimum atomic E-state index is 0.229. The van der Waals surface area contributed by atoms with Crippen LogP contribution in [0.4, 0.5) is 0 Å². The molecule has 1 aromatic rings. The van der Waals surface area contributed by atoms with Crippen LogP contribution in [-0.4, -0.2) is 16.5 Å². The molecule has 60 valence electrons. The van der Waals surface area contributed by atoms with Gasteiger partial charge in [-0.05, 0) is 25.3 Å². The van der Waals surface area contributed by atoms with E-state index >= 15 is 0 Å². The maximum atomic E-state index is 9.28. The summed E-state index contributed by atoms with van der Waals surface area (Å²) in [4.78, 5) is 0.741. The van der Waals surface area contributed by atoms with Gasteiger partial charge >= 0.3 is 0 Å². The lowest BCUT2D eigenvalue weighted by molar-refractivity contribution is 0.445. The summed E-state index contributed by atoms with van der Waals surface area (Å²) in [5.41, 5.74) is 0.734. The van der Waals surface area contributed by atoms with E-state index in [0.717, 1.165) is 10.5 Å². The molecule has 0 fully saturated rings. The minimum Gasteiger partial charge on any atom is -0.508 e. The number of phenolic OH excluding ortho intramolecular Hbond substituents is 2. The molecular weight excluding hydrogens is 160 g/mol. The Bertz CT molecular complexity index is 271. The minimum absolute atomic E-state index is 0.229. The van der Waals surface area contributed by atoms with E-state index in [-0.39, 0.29) is 11.5 Å². The molecule has 0 bridgehead atoms. The molecule has 3 heteroatoms. The van der Waals surface area contributed by atoms with Gasteiger partial charge in [0.1, 0.15) is 11.5 Å². The summed E-state index contributed by atoms with van der Waals surface area (Å²) in [5.74, 6) is 0.458. The van der Waals surface area contributed by atoms with Crippen LogP contribution in [0.15, 0.2) is 17.0 Å². The van der Waals surface area contributed by atoms with Crippen LogP contribution in [0.25, 0.3) is 0 Å². The Labute approximate surface area is 69.9 Å². The lowest BCUT2D eigenvalue weighted by Crippen LogP contribution is -1.80. The van der Waals surface area contributed by atoms with E-state index in [0.29, 0.717) is 0 Å². The van der Waals surface area contributed by atoms with E-state index in [1.807, 2.05) is 6.26 Å². The van der Waals surface area contributed by atoms with Crippen molar-refractivity contribution in [2.45, 2.75) is 11.8 Å². The number of rotatable bonds is 1. The van der Waals surface area contributed by atoms with Gasteiger partial charge in [-0.25, -0.2) is 0 Å². The van der Waals surface area contributed by atoms with E-state index < -0.39 is 0 Å². The van der Waals surface area contributed by atoms with Crippen molar-refractivity contribution in [3.8, 4) is 11.5 Å². The Kier molecular flexibility index (Phi) is 2.29. The topological polar surface area (TPSA) is 40.5 Å². The Hall–Kier alpha value is -0.830. The van der Waals surface area contributed by atoms with Crippen LogP contribution >= 0.6 is 11.8 Å². The van der Waals surface area contributed by atoms with Crippen LogP contribution in [0, 0.1) is 6.92 Å². The Morgan fingerprint density at radius 2 is 1.73 bits per heavy atom. The zero-order valence-corrected chi connectivity index (χ0v) is 7.27. The van der Waals surface area contributed by atoms with E-state index in [2.05, 4.69) is 0 Å². The molecule has 0 aliphatic heterocycles. The third-order valence-electron chi connectivity index (χ3n) is 1.56. The lowest BCUT2D eigenvalue weighted by atomic mass is 10.2. The van der Waals surface area contributed by atoms with Crippen molar-refractivity contribution >= 4 is 11.8 Å². The monoisotopic (exact) mass is 170 g/mol. The predicted octanol–water partition coefficient (Wildman–Crippen LogP) is 2.13. The number of benzene rings is 1. The first-order valence-electron chi connectivity index (χ1n) is 3.22. The third kappa shape index (κ3) is 1.43. The van der Waals surface area contributed by atoms with Crippen molar-refractivity contribution in [2.75, 3.05) is 6.26 Å². The Morgan fingerprint density at radius 1 is 1.18 bits per heavy atom. The molecule has 0 saturated carbocycles. The molecule has 0 aliphatic carbocycles. The van der Waals surface area contributed by atoms with Crippen molar-refractivity contribution < 1.29 is 10.2 Å². The van der Waals surface area contributed by atoms with Gasteiger partial charge in [0.15, 0.2) is 0 Å². The van der Waals surface area contributed by atoms with Crippen molar-refractivity contribution in [2.24, 2.45) is 0 Å². The summed E-state index contributed by atoms with van der Waals surface area (Å²) in [6.45, 7) is 1.78. The highest BCUT2D eigenvalue weighted by molar-refractivity contribution is 7.98. The maximum absolute atomic E-state index is 9.28. The molecule has 11 heavy (non-hydrogen) atoms. The van der Waals surface area contributed by atoms with Crippen LogP contribution in [0.2, 0.25) is 0 Å². The molecule has 0 aromatic heterocycles. The highest BCUT2D eigenvalue weighted by atomic mass is 32.2. The molecule has 0 amide bonds. The molecule has 2 nitrogen and oxygen atoms in total. The Balaban J connectivity index is 3.29. The van der Waals surface area contributed by atoms with Crippen molar-refractivity contribution in [1.82, 2.24) is 0 Å². The smallest absolute Gasteiger partial charge is 0.129 e. The van der Waals surface area contributed by atoms with Crippen LogP contribution < -0.4 is 0 Å². The van der Waals surface area contributed by atoms with Gasteiger partial charge in [-0.1, -0.05) is 0 Å². The molecule has 0 spiro atoms. The molecule has 0 unspecified atom stereocenters. The summed E-state index contributed by atoms with van der Waals surface area (Å²) in [7, 11) is 0. The fourth-order valence-corrected chi connectivity index (χ4v) is 1.61. The van der Waals surface area contributed by atoms with E-state index in [9.17, 15) is 10.2 Å². The Morgan fingerprint density at radius 3 is 2.18 bits per heavy atom. The summed E-state index contributed by atoms with van der Waals surface area (Å²) in [5, 5.41) is 18.5. The van der Waals surface area contributed by atoms with Gasteiger partial charge in [-0.15, -0.1) is 11.8 Å². The summed E-state index contributed by atoms with van der Waals surface area (Å²) in [6.07, 6.45) is 1.86. The quantitative estimate of drug-likeness (QED) is 0.501. The maximum Gasteiger partial charge on any atom is 0.129 e. The van der Waals surface area contributed by atoms with Gasteiger partial charge in [0, 0.05) is 5.56 Å². The molecule has 0 saturated heterocycles. The second-order valence-corrected chi connectivity index (χ2v) is 3.08. The van der Waals surface area contributed by atoms with E-state index in [1.165, 1.54) is 23.9 Å². The molecule has 0 atom stereocenters. The van der Waals surface area contributed by atoms with Gasteiger partial charge in [-0.3, -0.25) is 0 Å². The standard InChI is InChI=1S/C8H10O2S/c1-5-6(9)3-4-7(10)8(5)11-2/h3-4,9-10H,1-2H3. The first-order valence-corrected chi connectivity index (χ1v) is 4.45. The zero-order chi connectivity index (χ0) is 8.43. The normalized spacial score (nSPS) is 10.0. The number of phenols is 2. The molecule has 0 radical (unpaired) electrons. The van der Waals surface area contributed by atoms with E-state index in [1.54, 1.807) is 6.92 Å². The van der Waals surface area contributed by atoms with Gasteiger partial charge in [0.25, 0.3) is 0 Å². The van der Waals surface area contributed by atoms with Crippen LogP contribution in [0.3, 0.4) is 0 Å². The predicted molar refractivity (Wildman–Crippen MR) is 46.3 cm³/mol. The first-order chi connectivity index (χ1) is 5.16. The van der Waals surface area contributed by atoms with Crippen LogP contribution in [0.5, 0.6) is 11.5 Å². The summed E-state index contributed by atoms with van der Waals surface area (Å²) < 4.78 is 0. The SMILES string of the molecule is CSc1c(O)ccc(O)c1C. The highest BCUT2D eigenvalue weighted by Gasteiger charge is 2.06. The van der Waals surface area contributed by atoms with Crippen LogP contribution in [0.1, 0.15) is 5.56 Å². The summed E-state index contributed by atoms with van der Waals surface area (Å²) >= 11 is 1.43. The molecule has 1 aromatic carbocycles. The fourth-order valence-electron chi connectivity index (χ4n) is 0.925. The molecule has 1 rings (SSSR count). The second kappa shape index (κ2) is 3.05. The van der Waals surface area contributed by atoms with Gasteiger partial charge < -0.3 is 10.2 Å². The van der Waals surface area contributed by atoms with Gasteiger partial charge in [-0.2, -0.15) is 0 Å². The average Bonchev–Trinajstić information content (AvgIpc) is 1.99. The average molecular weight is 170 g/mol. The second-order valence-electron chi connectivity index (χ2n) is 2.26. The number of hydrogen-bond acceptors (Lipinski definition) is 3. The zero-order valence-electron chi connectivity index (χ0n) is 6.46. The largest absolute Gasteiger partial charge is 0.508 e. The van der Waals surface area contributed by atoms with Gasteiger partial charge in [0.05, 0.1) is 4.90 Å². The molecule has 0 heterocycles. The number of hydrogen-bond donors (Lipinski definition) is 2. The van der Waals surface area contributed by atoms with Crippen molar-refractivity contribution in [1.29, 1.82) is 0 Å². The molecule has 2 N–H and O–H groups in total. The number of thioether (sulfide) groups is 1. The molecule has 0 aliphatic rings. The number of aromatic hydroxyl groups is 2. The highest BCUT2D eigenvalue weighted by Crippen LogP contribution is 2.34. The van der Waals surface area contributed by atoms with E-state index in [4.69, 9.17) is 0 Å². The van der Waals surface area contributed by atoms with Crippen molar-refractivity contribution in [3.63, 3.8) is 0 Å². The van der Waals surface area contributed by atoms with Gasteiger partial charge in [0.2, 0.25) is 0 Å². The first kappa shape index (κ1) is 8.27. The third-order valence-corrected chi connectivity index (χ3v) is 2.48. The fraction of sp³-hybridized carbons (Fsp3) is 0.250. The molecular formula is C8H10O2S. The van der Waals surface area contributed by atoms with Crippen LogP contribution in [-0.2, 0) is 0 Å². The summed E-state index contributed by atoms with van der Waals surface area (Å²) in [6, 6.07) is 2.98.